The molecule has 0 heterocycles. The van der Waals surface area contributed by atoms with Crippen LogP contribution in [-0.2, 0) is 6.42 Å². The van der Waals surface area contributed by atoms with Crippen molar-refractivity contribution in [1.82, 2.24) is 4.90 Å². The zero-order valence-electron chi connectivity index (χ0n) is 10.2. The lowest BCUT2D eigenvalue weighted by molar-refractivity contribution is 0.457. The molecular formula is C14H22ClN. The molecule has 0 saturated carbocycles. The number of hydrogen-bond acceptors (Lipinski definition) is 1. The number of likely N-dealkylation sites (N-methyl/N-ethyl adjacent to an activating group) is 1. The molecule has 1 aromatic rings. The van der Waals surface area contributed by atoms with Crippen LogP contribution in [0.4, 0.5) is 0 Å². The van der Waals surface area contributed by atoms with Gasteiger partial charge in [-0.25, -0.2) is 0 Å². The van der Waals surface area contributed by atoms with Crippen LogP contribution in [0.25, 0.3) is 0 Å². The van der Waals surface area contributed by atoms with E-state index in [1.807, 2.05) is 44.4 Å². The lowest BCUT2D eigenvalue weighted by Gasteiger charge is -2.01. The molecule has 2 heteroatoms. The summed E-state index contributed by atoms with van der Waals surface area (Å²) in [4.78, 5) is 2.06. The highest BCUT2D eigenvalue weighted by molar-refractivity contribution is 5.85. The van der Waals surface area contributed by atoms with Crippen LogP contribution in [0.1, 0.15) is 5.56 Å². The van der Waals surface area contributed by atoms with E-state index in [-0.39, 0.29) is 12.4 Å². The van der Waals surface area contributed by atoms with Gasteiger partial charge in [0, 0.05) is 6.54 Å². The van der Waals surface area contributed by atoms with E-state index in [1.54, 1.807) is 0 Å². The van der Waals surface area contributed by atoms with Crippen molar-refractivity contribution in [3.05, 3.63) is 61.2 Å². The quantitative estimate of drug-likeness (QED) is 0.727. The summed E-state index contributed by atoms with van der Waals surface area (Å²) < 4.78 is 0. The number of rotatable bonds is 4. The molecule has 0 aliphatic carbocycles. The van der Waals surface area contributed by atoms with Gasteiger partial charge < -0.3 is 4.90 Å². The molecule has 0 fully saturated rings. The topological polar surface area (TPSA) is 3.24 Å². The lowest BCUT2D eigenvalue weighted by Crippen LogP contribution is -2.09. The van der Waals surface area contributed by atoms with Crippen molar-refractivity contribution in [2.45, 2.75) is 6.42 Å². The van der Waals surface area contributed by atoms with E-state index in [1.165, 1.54) is 5.56 Å². The lowest BCUT2D eigenvalue weighted by atomic mass is 10.2. The monoisotopic (exact) mass is 239 g/mol. The first-order valence-corrected chi connectivity index (χ1v) is 5.11. The third kappa shape index (κ3) is 11.0. The second kappa shape index (κ2) is 12.0. The van der Waals surface area contributed by atoms with Crippen LogP contribution in [-0.4, -0.2) is 25.5 Å². The van der Waals surface area contributed by atoms with E-state index in [2.05, 4.69) is 30.2 Å². The predicted octanol–water partition coefficient (Wildman–Crippen LogP) is 3.57. The van der Waals surface area contributed by atoms with Gasteiger partial charge in [0.15, 0.2) is 0 Å². The van der Waals surface area contributed by atoms with Gasteiger partial charge >= 0.3 is 0 Å². The van der Waals surface area contributed by atoms with Crippen molar-refractivity contribution < 1.29 is 0 Å². The average molecular weight is 240 g/mol. The van der Waals surface area contributed by atoms with E-state index in [0.29, 0.717) is 0 Å². The number of allylic oxidation sites excluding steroid dienone is 1. The third-order valence-electron chi connectivity index (χ3n) is 1.72. The van der Waals surface area contributed by atoms with E-state index in [4.69, 9.17) is 0 Å². The molecule has 0 aliphatic heterocycles. The first-order chi connectivity index (χ1) is 7.20. The normalized spacial score (nSPS) is 8.44. The van der Waals surface area contributed by atoms with Gasteiger partial charge in [-0.15, -0.1) is 25.6 Å². The fourth-order valence-corrected chi connectivity index (χ4v) is 1.04. The first-order valence-electron chi connectivity index (χ1n) is 5.11. The largest absolute Gasteiger partial charge is 0.306 e. The maximum absolute atomic E-state index is 3.66. The summed E-state index contributed by atoms with van der Waals surface area (Å²) in [5.74, 6) is 0. The molecule has 0 aliphatic rings. The van der Waals surface area contributed by atoms with Crippen LogP contribution in [0.3, 0.4) is 0 Å². The number of nitrogens with zero attached hydrogens (tertiary/aromatic N) is 1. The fraction of sp³-hybridized carbons (Fsp3) is 0.286. The van der Waals surface area contributed by atoms with Crippen LogP contribution >= 0.6 is 12.4 Å². The minimum Gasteiger partial charge on any atom is -0.306 e. The molecule has 16 heavy (non-hydrogen) atoms. The van der Waals surface area contributed by atoms with Crippen LogP contribution in [0, 0.1) is 0 Å². The molecular weight excluding hydrogens is 218 g/mol. The molecule has 0 amide bonds. The average Bonchev–Trinajstić information content (AvgIpc) is 2.20. The van der Waals surface area contributed by atoms with Gasteiger partial charge in [-0.2, -0.15) is 0 Å². The molecule has 0 aromatic heterocycles. The molecule has 1 rings (SSSR count). The highest BCUT2D eigenvalue weighted by Crippen LogP contribution is 1.98. The Balaban J connectivity index is 0. The molecule has 0 radical (unpaired) electrons. The van der Waals surface area contributed by atoms with Gasteiger partial charge in [0.2, 0.25) is 0 Å². The van der Waals surface area contributed by atoms with Gasteiger partial charge in [0.1, 0.15) is 0 Å². The standard InChI is InChI=1S/C9H10.C5H11N.ClH/c1-2-6-9-7-4-3-5-8-9;1-4-5-6(2)3;/h2-5,7-8H,1,6H2;4H,1,5H2,2-3H3;1H. The van der Waals surface area contributed by atoms with Crippen LogP contribution < -0.4 is 0 Å². The fourth-order valence-electron chi connectivity index (χ4n) is 1.04. The molecule has 1 aromatic carbocycles. The van der Waals surface area contributed by atoms with Gasteiger partial charge in [-0.1, -0.05) is 42.5 Å². The van der Waals surface area contributed by atoms with E-state index in [9.17, 15) is 0 Å². The van der Waals surface area contributed by atoms with E-state index in [0.717, 1.165) is 13.0 Å². The molecule has 0 atom stereocenters. The second-order valence-corrected chi connectivity index (χ2v) is 3.53. The van der Waals surface area contributed by atoms with E-state index < -0.39 is 0 Å². The third-order valence-corrected chi connectivity index (χ3v) is 1.72. The number of benzene rings is 1. The highest BCUT2D eigenvalue weighted by atomic mass is 35.5. The Morgan fingerprint density at radius 3 is 1.94 bits per heavy atom. The van der Waals surface area contributed by atoms with Crippen molar-refractivity contribution in [2.24, 2.45) is 0 Å². The Kier molecular flexibility index (Phi) is 13.0. The van der Waals surface area contributed by atoms with Crippen molar-refractivity contribution in [3.8, 4) is 0 Å². The van der Waals surface area contributed by atoms with Crippen molar-refractivity contribution in [2.75, 3.05) is 20.6 Å². The van der Waals surface area contributed by atoms with Crippen LogP contribution in [0.2, 0.25) is 0 Å². The Labute approximate surface area is 106 Å². The number of halogens is 1. The van der Waals surface area contributed by atoms with Crippen molar-refractivity contribution in [1.29, 1.82) is 0 Å². The Hall–Kier alpha value is -1.05. The van der Waals surface area contributed by atoms with Crippen LogP contribution in [0.5, 0.6) is 0 Å². The Morgan fingerprint density at radius 1 is 1.06 bits per heavy atom. The Morgan fingerprint density at radius 2 is 1.62 bits per heavy atom. The molecule has 0 unspecified atom stereocenters. The SMILES string of the molecule is C=CCN(C)C.C=CCc1ccccc1.Cl. The molecule has 0 N–H and O–H groups in total. The first kappa shape index (κ1) is 17.3. The summed E-state index contributed by atoms with van der Waals surface area (Å²) in [6.45, 7) is 8.19. The summed E-state index contributed by atoms with van der Waals surface area (Å²) in [5, 5.41) is 0. The molecule has 1 nitrogen and oxygen atoms in total. The zero-order chi connectivity index (χ0) is 11.5. The smallest absolute Gasteiger partial charge is 0.0154 e. The maximum atomic E-state index is 3.66. The Bertz CT molecular complexity index is 267. The maximum Gasteiger partial charge on any atom is 0.0154 e. The van der Waals surface area contributed by atoms with E-state index >= 15 is 0 Å². The zero-order valence-corrected chi connectivity index (χ0v) is 11.0. The predicted molar refractivity (Wildman–Crippen MR) is 76.3 cm³/mol. The summed E-state index contributed by atoms with van der Waals surface area (Å²) >= 11 is 0. The summed E-state index contributed by atoms with van der Waals surface area (Å²) in [6.07, 6.45) is 4.76. The number of hydrogen-bond donors (Lipinski definition) is 0. The summed E-state index contributed by atoms with van der Waals surface area (Å²) in [5.41, 5.74) is 1.33. The molecule has 90 valence electrons. The van der Waals surface area contributed by atoms with Gasteiger partial charge in [0.05, 0.1) is 0 Å². The molecule has 0 saturated heterocycles. The highest BCUT2D eigenvalue weighted by Gasteiger charge is 1.82. The van der Waals surface area contributed by atoms with Gasteiger partial charge in [-0.3, -0.25) is 0 Å². The minimum atomic E-state index is 0. The van der Waals surface area contributed by atoms with Crippen molar-refractivity contribution in [3.63, 3.8) is 0 Å². The van der Waals surface area contributed by atoms with Crippen LogP contribution in [0.15, 0.2) is 55.6 Å². The summed E-state index contributed by atoms with van der Waals surface area (Å²) in [7, 11) is 4.03. The molecule has 0 spiro atoms. The molecule has 0 bridgehead atoms. The van der Waals surface area contributed by atoms with Crippen molar-refractivity contribution >= 4 is 12.4 Å². The van der Waals surface area contributed by atoms with Gasteiger partial charge in [-0.05, 0) is 26.1 Å². The minimum absolute atomic E-state index is 0. The van der Waals surface area contributed by atoms with Gasteiger partial charge in [0.25, 0.3) is 0 Å². The summed E-state index contributed by atoms with van der Waals surface area (Å²) in [6, 6.07) is 10.3. The second-order valence-electron chi connectivity index (χ2n) is 3.53.